The molecule has 4 nitrogen and oxygen atoms in total. The molecule has 3 aromatic rings. The van der Waals surface area contributed by atoms with Crippen LogP contribution >= 0.6 is 0 Å². The maximum atomic E-state index is 11.9. The molecule has 0 fully saturated rings. The van der Waals surface area contributed by atoms with Gasteiger partial charge in [0.25, 0.3) is 5.91 Å². The fourth-order valence-corrected chi connectivity index (χ4v) is 2.21. The summed E-state index contributed by atoms with van der Waals surface area (Å²) in [4.78, 5) is 11.9. The van der Waals surface area contributed by atoms with E-state index in [0.717, 1.165) is 16.9 Å². The van der Waals surface area contributed by atoms with Crippen molar-refractivity contribution in [3.63, 3.8) is 0 Å². The summed E-state index contributed by atoms with van der Waals surface area (Å²) >= 11 is 0. The SMILES string of the molecule is O=C(N/N=C/c1ccc(OCc2ccccc2)cc1)c1ccccc1. The van der Waals surface area contributed by atoms with Crippen molar-refractivity contribution in [3.05, 3.63) is 102 Å². The zero-order valence-electron chi connectivity index (χ0n) is 13.6. The van der Waals surface area contributed by atoms with Gasteiger partial charge in [-0.1, -0.05) is 48.5 Å². The summed E-state index contributed by atoms with van der Waals surface area (Å²) in [5.74, 6) is 0.550. The molecule has 1 amide bonds. The monoisotopic (exact) mass is 330 g/mol. The van der Waals surface area contributed by atoms with Gasteiger partial charge in [-0.25, -0.2) is 5.43 Å². The van der Waals surface area contributed by atoms with Gasteiger partial charge in [-0.05, 0) is 47.5 Å². The fourth-order valence-electron chi connectivity index (χ4n) is 2.21. The Labute approximate surface area is 146 Å². The van der Waals surface area contributed by atoms with Crippen LogP contribution in [0.2, 0.25) is 0 Å². The molecule has 0 heterocycles. The lowest BCUT2D eigenvalue weighted by Crippen LogP contribution is -2.17. The Morgan fingerprint density at radius 2 is 1.52 bits per heavy atom. The van der Waals surface area contributed by atoms with Crippen LogP contribution in [0.5, 0.6) is 5.75 Å². The summed E-state index contributed by atoms with van der Waals surface area (Å²) in [6, 6.07) is 26.5. The lowest BCUT2D eigenvalue weighted by Gasteiger charge is -2.06. The van der Waals surface area contributed by atoms with Crippen molar-refractivity contribution >= 4 is 12.1 Å². The van der Waals surface area contributed by atoms with Gasteiger partial charge in [-0.15, -0.1) is 0 Å². The first-order chi connectivity index (χ1) is 12.3. The van der Waals surface area contributed by atoms with Gasteiger partial charge in [0.05, 0.1) is 6.21 Å². The van der Waals surface area contributed by atoms with Gasteiger partial charge in [0.1, 0.15) is 12.4 Å². The molecular weight excluding hydrogens is 312 g/mol. The number of rotatable bonds is 6. The summed E-state index contributed by atoms with van der Waals surface area (Å²) in [5.41, 5.74) is 5.08. The van der Waals surface area contributed by atoms with Gasteiger partial charge in [0.15, 0.2) is 0 Å². The first kappa shape index (κ1) is 16.5. The highest BCUT2D eigenvalue weighted by atomic mass is 16.5. The maximum absolute atomic E-state index is 11.9. The number of nitrogens with zero attached hydrogens (tertiary/aromatic N) is 1. The second kappa shape index (κ2) is 8.45. The maximum Gasteiger partial charge on any atom is 0.271 e. The van der Waals surface area contributed by atoms with Gasteiger partial charge in [0, 0.05) is 5.56 Å². The minimum absolute atomic E-state index is 0.236. The zero-order chi connectivity index (χ0) is 17.3. The quantitative estimate of drug-likeness (QED) is 0.548. The number of benzene rings is 3. The molecular formula is C21H18N2O2. The standard InChI is InChI=1S/C21H18N2O2/c24-21(19-9-5-2-6-10-19)23-22-15-17-11-13-20(14-12-17)25-16-18-7-3-1-4-8-18/h1-15H,16H2,(H,23,24)/b22-15+. The molecule has 1 N–H and O–H groups in total. The number of ether oxygens (including phenoxy) is 1. The van der Waals surface area contributed by atoms with Crippen LogP contribution in [0.15, 0.2) is 90.0 Å². The Kier molecular flexibility index (Phi) is 5.56. The van der Waals surface area contributed by atoms with Crippen molar-refractivity contribution in [3.8, 4) is 5.75 Å². The molecule has 0 aromatic heterocycles. The van der Waals surface area contributed by atoms with E-state index < -0.39 is 0 Å². The molecule has 0 bridgehead atoms. The summed E-state index contributed by atoms with van der Waals surface area (Å²) in [5, 5.41) is 3.98. The van der Waals surface area contributed by atoms with Crippen LogP contribution in [0.4, 0.5) is 0 Å². The molecule has 0 unspecified atom stereocenters. The van der Waals surface area contributed by atoms with Crippen LogP contribution in [-0.2, 0) is 6.61 Å². The number of nitrogens with one attached hydrogen (secondary N) is 1. The van der Waals surface area contributed by atoms with Gasteiger partial charge in [-0.3, -0.25) is 4.79 Å². The molecule has 0 saturated carbocycles. The van der Waals surface area contributed by atoms with E-state index in [4.69, 9.17) is 4.74 Å². The van der Waals surface area contributed by atoms with Crippen LogP contribution in [0.25, 0.3) is 0 Å². The predicted molar refractivity (Wildman–Crippen MR) is 98.7 cm³/mol. The minimum atomic E-state index is -0.236. The minimum Gasteiger partial charge on any atom is -0.489 e. The molecule has 3 aromatic carbocycles. The summed E-state index contributed by atoms with van der Waals surface area (Å²) in [7, 11) is 0. The molecule has 0 aliphatic carbocycles. The van der Waals surface area contributed by atoms with E-state index in [0.29, 0.717) is 12.2 Å². The topological polar surface area (TPSA) is 50.7 Å². The van der Waals surface area contributed by atoms with E-state index in [1.807, 2.05) is 72.8 Å². The third-order valence-corrected chi connectivity index (χ3v) is 3.54. The van der Waals surface area contributed by atoms with Crippen molar-refractivity contribution in [2.75, 3.05) is 0 Å². The molecule has 124 valence electrons. The Balaban J connectivity index is 1.51. The van der Waals surface area contributed by atoms with Crippen LogP contribution in [0.3, 0.4) is 0 Å². The zero-order valence-corrected chi connectivity index (χ0v) is 13.6. The van der Waals surface area contributed by atoms with Crippen LogP contribution in [0, 0.1) is 0 Å². The molecule has 25 heavy (non-hydrogen) atoms. The summed E-state index contributed by atoms with van der Waals surface area (Å²) in [6.45, 7) is 0.529. The van der Waals surface area contributed by atoms with Crippen molar-refractivity contribution in [2.45, 2.75) is 6.61 Å². The number of hydrogen-bond acceptors (Lipinski definition) is 3. The van der Waals surface area contributed by atoms with Crippen LogP contribution in [-0.4, -0.2) is 12.1 Å². The van der Waals surface area contributed by atoms with E-state index in [1.54, 1.807) is 18.3 Å². The van der Waals surface area contributed by atoms with Crippen molar-refractivity contribution < 1.29 is 9.53 Å². The Hall–Kier alpha value is -3.40. The average molecular weight is 330 g/mol. The van der Waals surface area contributed by atoms with E-state index in [9.17, 15) is 4.79 Å². The predicted octanol–water partition coefficient (Wildman–Crippen LogP) is 4.03. The molecule has 0 saturated heterocycles. The largest absolute Gasteiger partial charge is 0.489 e. The Morgan fingerprint density at radius 3 is 2.20 bits per heavy atom. The average Bonchev–Trinajstić information content (AvgIpc) is 2.69. The number of carbonyl (C=O) groups is 1. The number of carbonyl (C=O) groups excluding carboxylic acids is 1. The molecule has 3 rings (SSSR count). The second-order valence-electron chi connectivity index (χ2n) is 5.41. The normalized spacial score (nSPS) is 10.6. The fraction of sp³-hybridized carbons (Fsp3) is 0.0476. The molecule has 0 spiro atoms. The van der Waals surface area contributed by atoms with Crippen molar-refractivity contribution in [1.82, 2.24) is 5.43 Å². The Morgan fingerprint density at radius 1 is 0.880 bits per heavy atom. The second-order valence-corrected chi connectivity index (χ2v) is 5.41. The Bertz CT molecular complexity index is 829. The van der Waals surface area contributed by atoms with Gasteiger partial charge < -0.3 is 4.74 Å². The lowest BCUT2D eigenvalue weighted by molar-refractivity contribution is 0.0955. The summed E-state index contributed by atoms with van der Waals surface area (Å²) in [6.07, 6.45) is 1.60. The summed E-state index contributed by atoms with van der Waals surface area (Å²) < 4.78 is 5.73. The first-order valence-corrected chi connectivity index (χ1v) is 7.96. The number of hydrazone groups is 1. The van der Waals surface area contributed by atoms with E-state index >= 15 is 0 Å². The molecule has 4 heteroatoms. The number of hydrogen-bond donors (Lipinski definition) is 1. The highest BCUT2D eigenvalue weighted by Gasteiger charge is 2.01. The van der Waals surface area contributed by atoms with Crippen LogP contribution in [0.1, 0.15) is 21.5 Å². The van der Waals surface area contributed by atoms with Crippen molar-refractivity contribution in [2.24, 2.45) is 5.10 Å². The van der Waals surface area contributed by atoms with Gasteiger partial charge in [-0.2, -0.15) is 5.10 Å². The first-order valence-electron chi connectivity index (χ1n) is 7.96. The highest BCUT2D eigenvalue weighted by Crippen LogP contribution is 2.13. The lowest BCUT2D eigenvalue weighted by atomic mass is 10.2. The highest BCUT2D eigenvalue weighted by molar-refractivity contribution is 5.94. The number of amides is 1. The molecule has 0 aliphatic heterocycles. The third-order valence-electron chi connectivity index (χ3n) is 3.54. The van der Waals surface area contributed by atoms with E-state index in [2.05, 4.69) is 10.5 Å². The molecule has 0 atom stereocenters. The molecule has 0 radical (unpaired) electrons. The van der Waals surface area contributed by atoms with Gasteiger partial charge in [0.2, 0.25) is 0 Å². The molecule has 0 aliphatic rings. The third kappa shape index (κ3) is 5.04. The van der Waals surface area contributed by atoms with Crippen LogP contribution < -0.4 is 10.2 Å². The van der Waals surface area contributed by atoms with Gasteiger partial charge >= 0.3 is 0 Å². The van der Waals surface area contributed by atoms with E-state index in [1.165, 1.54) is 0 Å². The van der Waals surface area contributed by atoms with E-state index in [-0.39, 0.29) is 5.91 Å². The van der Waals surface area contributed by atoms with Crippen molar-refractivity contribution in [1.29, 1.82) is 0 Å². The smallest absolute Gasteiger partial charge is 0.271 e.